The van der Waals surface area contributed by atoms with Gasteiger partial charge in [0.05, 0.1) is 11.6 Å². The summed E-state index contributed by atoms with van der Waals surface area (Å²) in [6, 6.07) is 27.7. The fourth-order valence-electron chi connectivity index (χ4n) is 4.01. The molecule has 36 heavy (non-hydrogen) atoms. The topological polar surface area (TPSA) is 116 Å². The number of hydrazone groups is 1. The summed E-state index contributed by atoms with van der Waals surface area (Å²) in [6.07, 6.45) is 1.55. The third-order valence-corrected chi connectivity index (χ3v) is 5.77. The van der Waals surface area contributed by atoms with Gasteiger partial charge in [-0.1, -0.05) is 78.9 Å². The molecule has 1 heterocycles. The second-order valence-electron chi connectivity index (χ2n) is 8.06. The van der Waals surface area contributed by atoms with Gasteiger partial charge in [-0.3, -0.25) is 14.4 Å². The Hall–Kier alpha value is -5.11. The van der Waals surface area contributed by atoms with Gasteiger partial charge in [0.1, 0.15) is 5.69 Å². The number of nitrogens with zero attached hydrogens (tertiary/aromatic N) is 2. The average Bonchev–Trinajstić information content (AvgIpc) is 2.93. The van der Waals surface area contributed by atoms with E-state index in [2.05, 4.69) is 26.0 Å². The molecule has 1 aromatic heterocycles. The van der Waals surface area contributed by atoms with Crippen molar-refractivity contribution in [1.82, 2.24) is 20.9 Å². The highest BCUT2D eigenvalue weighted by atomic mass is 16.2. The number of hydrogen-bond donors (Lipinski definition) is 3. The number of aromatic amines is 1. The standard InChI is InChI=1S/C28H21N5O3/c34-26(19-10-2-1-3-11-19)30-25(24-22-15-6-7-16-23(22)27(35)33-31-24)28(36)32-29-17-20-13-8-12-18-9-4-5-14-21(18)20/h1-17,25H,(H,30,34)(H,32,36)(H,33,35)/b29-17-/t25-/m0/s1. The molecule has 3 N–H and O–H groups in total. The minimum Gasteiger partial charge on any atom is -0.335 e. The van der Waals surface area contributed by atoms with E-state index in [0.29, 0.717) is 16.3 Å². The van der Waals surface area contributed by atoms with Crippen LogP contribution in [0.5, 0.6) is 0 Å². The minimum absolute atomic E-state index is 0.201. The summed E-state index contributed by atoms with van der Waals surface area (Å²) in [6.45, 7) is 0. The van der Waals surface area contributed by atoms with Crippen molar-refractivity contribution in [3.05, 3.63) is 124 Å². The first kappa shape index (κ1) is 22.7. The molecule has 4 aromatic carbocycles. The smallest absolute Gasteiger partial charge is 0.272 e. The normalized spacial score (nSPS) is 12.0. The molecule has 0 unspecified atom stereocenters. The maximum Gasteiger partial charge on any atom is 0.272 e. The molecule has 8 heteroatoms. The van der Waals surface area contributed by atoms with Crippen molar-refractivity contribution < 1.29 is 9.59 Å². The van der Waals surface area contributed by atoms with Gasteiger partial charge in [0.15, 0.2) is 6.04 Å². The molecule has 5 rings (SSSR count). The Morgan fingerprint density at radius 1 is 0.806 bits per heavy atom. The van der Waals surface area contributed by atoms with Crippen LogP contribution in [0.25, 0.3) is 21.5 Å². The molecule has 1 atom stereocenters. The van der Waals surface area contributed by atoms with E-state index in [1.807, 2.05) is 42.5 Å². The lowest BCUT2D eigenvalue weighted by Gasteiger charge is -2.18. The highest BCUT2D eigenvalue weighted by Gasteiger charge is 2.27. The molecule has 0 saturated heterocycles. The van der Waals surface area contributed by atoms with Crippen molar-refractivity contribution in [2.75, 3.05) is 0 Å². The van der Waals surface area contributed by atoms with Crippen LogP contribution in [0.3, 0.4) is 0 Å². The van der Waals surface area contributed by atoms with Crippen molar-refractivity contribution in [2.24, 2.45) is 5.10 Å². The zero-order valence-electron chi connectivity index (χ0n) is 19.0. The monoisotopic (exact) mass is 475 g/mol. The van der Waals surface area contributed by atoms with Gasteiger partial charge in [0.25, 0.3) is 17.4 Å². The number of fused-ring (bicyclic) bond motifs is 2. The summed E-state index contributed by atoms with van der Waals surface area (Å²) < 4.78 is 0. The van der Waals surface area contributed by atoms with Crippen molar-refractivity contribution in [2.45, 2.75) is 6.04 Å². The molecule has 0 radical (unpaired) electrons. The van der Waals surface area contributed by atoms with E-state index in [1.54, 1.807) is 60.8 Å². The molecule has 0 aliphatic carbocycles. The quantitative estimate of drug-likeness (QED) is 0.256. The van der Waals surface area contributed by atoms with E-state index < -0.39 is 23.4 Å². The summed E-state index contributed by atoms with van der Waals surface area (Å²) in [5.74, 6) is -1.08. The van der Waals surface area contributed by atoms with Gasteiger partial charge in [-0.25, -0.2) is 10.5 Å². The van der Waals surface area contributed by atoms with Crippen molar-refractivity contribution in [3.8, 4) is 0 Å². The Kier molecular flexibility index (Phi) is 6.31. The molecule has 0 bridgehead atoms. The number of carbonyl (C=O) groups excluding carboxylic acids is 2. The lowest BCUT2D eigenvalue weighted by Crippen LogP contribution is -2.40. The van der Waals surface area contributed by atoms with Gasteiger partial charge in [0, 0.05) is 16.5 Å². The van der Waals surface area contributed by atoms with Crippen LogP contribution in [0.2, 0.25) is 0 Å². The number of H-pyrrole nitrogens is 1. The molecule has 0 aliphatic heterocycles. The number of aromatic nitrogens is 2. The van der Waals surface area contributed by atoms with E-state index >= 15 is 0 Å². The van der Waals surface area contributed by atoms with Crippen LogP contribution in [0, 0.1) is 0 Å². The van der Waals surface area contributed by atoms with Gasteiger partial charge >= 0.3 is 0 Å². The number of rotatable bonds is 6. The number of nitrogens with one attached hydrogen (secondary N) is 3. The highest BCUT2D eigenvalue weighted by molar-refractivity contribution is 6.01. The third kappa shape index (κ3) is 4.60. The van der Waals surface area contributed by atoms with Crippen LogP contribution in [0.1, 0.15) is 27.7 Å². The summed E-state index contributed by atoms with van der Waals surface area (Å²) in [5.41, 5.74) is 3.53. The maximum atomic E-state index is 13.3. The molecular weight excluding hydrogens is 454 g/mol. The maximum absolute atomic E-state index is 13.3. The Bertz CT molecular complexity index is 1660. The molecule has 2 amide bonds. The van der Waals surface area contributed by atoms with Crippen LogP contribution in [0.15, 0.2) is 107 Å². The number of benzene rings is 4. The molecule has 0 spiro atoms. The van der Waals surface area contributed by atoms with Gasteiger partial charge in [-0.15, -0.1) is 0 Å². The first-order chi connectivity index (χ1) is 17.6. The highest BCUT2D eigenvalue weighted by Crippen LogP contribution is 2.21. The Balaban J connectivity index is 1.48. The number of amides is 2. The van der Waals surface area contributed by atoms with Crippen LogP contribution in [-0.4, -0.2) is 28.2 Å². The second-order valence-corrected chi connectivity index (χ2v) is 8.06. The Morgan fingerprint density at radius 2 is 1.47 bits per heavy atom. The lowest BCUT2D eigenvalue weighted by atomic mass is 10.0. The van der Waals surface area contributed by atoms with Gasteiger partial charge < -0.3 is 5.32 Å². The minimum atomic E-state index is -1.22. The Morgan fingerprint density at radius 3 is 2.28 bits per heavy atom. The average molecular weight is 476 g/mol. The van der Waals surface area contributed by atoms with Crippen LogP contribution < -0.4 is 16.3 Å². The fraction of sp³-hybridized carbons (Fsp3) is 0.0357. The second kappa shape index (κ2) is 10.0. The first-order valence-electron chi connectivity index (χ1n) is 11.3. The van der Waals surface area contributed by atoms with Crippen molar-refractivity contribution >= 4 is 39.6 Å². The van der Waals surface area contributed by atoms with Crippen molar-refractivity contribution in [1.29, 1.82) is 0 Å². The fourth-order valence-corrected chi connectivity index (χ4v) is 4.01. The molecule has 176 valence electrons. The summed E-state index contributed by atoms with van der Waals surface area (Å²) in [7, 11) is 0. The van der Waals surface area contributed by atoms with Crippen molar-refractivity contribution in [3.63, 3.8) is 0 Å². The summed E-state index contributed by atoms with van der Waals surface area (Å²) in [5, 5.41) is 16.2. The SMILES string of the molecule is O=C(N[C@H](C(=O)N/N=C\c1cccc2ccccc12)c1n[nH]c(=O)c2ccccc12)c1ccccc1. The van der Waals surface area contributed by atoms with Gasteiger partial charge in [-0.05, 0) is 29.0 Å². The van der Waals surface area contributed by atoms with E-state index in [0.717, 1.165) is 16.3 Å². The van der Waals surface area contributed by atoms with E-state index in [1.165, 1.54) is 0 Å². The van der Waals surface area contributed by atoms with Crippen LogP contribution >= 0.6 is 0 Å². The molecule has 0 saturated carbocycles. The molecular formula is C28H21N5O3. The summed E-state index contributed by atoms with van der Waals surface area (Å²) >= 11 is 0. The first-order valence-corrected chi connectivity index (χ1v) is 11.3. The van der Waals surface area contributed by atoms with Gasteiger partial charge in [0.2, 0.25) is 0 Å². The third-order valence-electron chi connectivity index (χ3n) is 5.77. The zero-order valence-corrected chi connectivity index (χ0v) is 19.0. The van der Waals surface area contributed by atoms with E-state index in [4.69, 9.17) is 0 Å². The van der Waals surface area contributed by atoms with Crippen LogP contribution in [-0.2, 0) is 4.79 Å². The van der Waals surface area contributed by atoms with Gasteiger partial charge in [-0.2, -0.15) is 10.2 Å². The van der Waals surface area contributed by atoms with E-state index in [9.17, 15) is 14.4 Å². The summed E-state index contributed by atoms with van der Waals surface area (Å²) in [4.78, 5) is 38.5. The number of carbonyl (C=O) groups is 2. The number of hydrogen-bond acceptors (Lipinski definition) is 5. The molecule has 0 aliphatic rings. The molecule has 8 nitrogen and oxygen atoms in total. The zero-order chi connectivity index (χ0) is 24.9. The predicted molar refractivity (Wildman–Crippen MR) is 139 cm³/mol. The molecule has 0 fully saturated rings. The predicted octanol–water partition coefficient (Wildman–Crippen LogP) is 3.70. The van der Waals surface area contributed by atoms with Crippen LogP contribution in [0.4, 0.5) is 0 Å². The lowest BCUT2D eigenvalue weighted by molar-refractivity contribution is -0.123. The Labute approximate surface area is 205 Å². The largest absolute Gasteiger partial charge is 0.335 e. The molecule has 5 aromatic rings. The van der Waals surface area contributed by atoms with E-state index in [-0.39, 0.29) is 5.69 Å².